The van der Waals surface area contributed by atoms with Gasteiger partial charge in [-0.25, -0.2) is 4.98 Å². The molecule has 0 radical (unpaired) electrons. The predicted molar refractivity (Wildman–Crippen MR) is 100 cm³/mol. The van der Waals surface area contributed by atoms with Crippen LogP contribution in [0, 0.1) is 6.92 Å². The predicted octanol–water partition coefficient (Wildman–Crippen LogP) is 4.52. The molecule has 0 bridgehead atoms. The quantitative estimate of drug-likeness (QED) is 0.494. The summed E-state index contributed by atoms with van der Waals surface area (Å²) in [6.07, 6.45) is 3.23. The van der Waals surface area contributed by atoms with Gasteiger partial charge in [-0.2, -0.15) is 5.10 Å². The molecule has 0 saturated heterocycles. The fourth-order valence-corrected chi connectivity index (χ4v) is 3.10. The number of aryl methyl sites for hydroxylation is 1. The number of carbonyl (C=O) groups excluding carboxylic acids is 1. The van der Waals surface area contributed by atoms with Crippen LogP contribution >= 0.6 is 0 Å². The number of aromatic nitrogens is 3. The molecule has 0 aliphatic heterocycles. The van der Waals surface area contributed by atoms with Crippen molar-refractivity contribution in [1.29, 1.82) is 0 Å². The Morgan fingerprint density at radius 3 is 2.93 bits per heavy atom. The van der Waals surface area contributed by atoms with Crippen molar-refractivity contribution in [2.24, 2.45) is 0 Å². The summed E-state index contributed by atoms with van der Waals surface area (Å²) in [5, 5.41) is 11.1. The van der Waals surface area contributed by atoms with Crippen molar-refractivity contribution in [3.63, 3.8) is 0 Å². The van der Waals surface area contributed by atoms with Crippen LogP contribution in [0.15, 0.2) is 63.8 Å². The summed E-state index contributed by atoms with van der Waals surface area (Å²) in [6.45, 7) is 1.78. The zero-order valence-electron chi connectivity index (χ0n) is 14.3. The molecule has 3 aromatic heterocycles. The van der Waals surface area contributed by atoms with Gasteiger partial charge in [-0.3, -0.25) is 9.89 Å². The summed E-state index contributed by atoms with van der Waals surface area (Å²) in [5.74, 6) is 0.346. The van der Waals surface area contributed by atoms with Gasteiger partial charge in [-0.05, 0) is 42.5 Å². The SMILES string of the molecule is Cc1nc2ccc(C(=O)Nc3ccc4[nH]nc(-c5ccoc5)c4c3)cc2o1. The summed E-state index contributed by atoms with van der Waals surface area (Å²) < 4.78 is 10.6. The Morgan fingerprint density at radius 1 is 1.15 bits per heavy atom. The molecule has 7 heteroatoms. The Morgan fingerprint density at radius 2 is 2.07 bits per heavy atom. The van der Waals surface area contributed by atoms with Crippen LogP contribution in [0.1, 0.15) is 16.2 Å². The lowest BCUT2D eigenvalue weighted by molar-refractivity contribution is 0.102. The highest BCUT2D eigenvalue weighted by molar-refractivity contribution is 6.07. The fraction of sp³-hybridized carbons (Fsp3) is 0.0500. The number of furan rings is 1. The van der Waals surface area contributed by atoms with Gasteiger partial charge in [0.2, 0.25) is 0 Å². The topological polar surface area (TPSA) is 97.0 Å². The van der Waals surface area contributed by atoms with Gasteiger partial charge in [0.1, 0.15) is 11.2 Å². The molecule has 132 valence electrons. The highest BCUT2D eigenvalue weighted by Crippen LogP contribution is 2.29. The van der Waals surface area contributed by atoms with E-state index in [1.54, 1.807) is 37.6 Å². The third-order valence-corrected chi connectivity index (χ3v) is 4.37. The molecule has 27 heavy (non-hydrogen) atoms. The number of aromatic amines is 1. The van der Waals surface area contributed by atoms with E-state index in [0.717, 1.165) is 27.7 Å². The lowest BCUT2D eigenvalue weighted by Gasteiger charge is -2.05. The molecular weight excluding hydrogens is 344 g/mol. The minimum absolute atomic E-state index is 0.223. The van der Waals surface area contributed by atoms with Gasteiger partial charge in [0.15, 0.2) is 11.5 Å². The molecule has 0 aliphatic rings. The number of benzene rings is 2. The Labute approximate surface area is 153 Å². The first-order valence-electron chi connectivity index (χ1n) is 8.36. The maximum absolute atomic E-state index is 12.6. The lowest BCUT2D eigenvalue weighted by Crippen LogP contribution is -2.11. The largest absolute Gasteiger partial charge is 0.472 e. The van der Waals surface area contributed by atoms with Crippen molar-refractivity contribution < 1.29 is 13.6 Å². The Kier molecular flexibility index (Phi) is 3.33. The summed E-state index contributed by atoms with van der Waals surface area (Å²) in [5.41, 5.74) is 5.02. The number of rotatable bonds is 3. The third-order valence-electron chi connectivity index (χ3n) is 4.37. The number of hydrogen-bond acceptors (Lipinski definition) is 5. The van der Waals surface area contributed by atoms with E-state index in [9.17, 15) is 4.79 Å². The number of nitrogens with one attached hydrogen (secondary N) is 2. The number of fused-ring (bicyclic) bond motifs is 2. The molecule has 1 amide bonds. The molecule has 0 unspecified atom stereocenters. The van der Waals surface area contributed by atoms with Crippen molar-refractivity contribution in [2.75, 3.05) is 5.32 Å². The van der Waals surface area contributed by atoms with Gasteiger partial charge < -0.3 is 14.2 Å². The van der Waals surface area contributed by atoms with Crippen LogP contribution in [-0.4, -0.2) is 21.1 Å². The number of nitrogens with zero attached hydrogens (tertiary/aromatic N) is 2. The van der Waals surface area contributed by atoms with E-state index in [-0.39, 0.29) is 5.91 Å². The minimum Gasteiger partial charge on any atom is -0.472 e. The number of oxazole rings is 1. The Balaban J connectivity index is 1.47. The normalized spacial score (nSPS) is 11.3. The van der Waals surface area contributed by atoms with Crippen molar-refractivity contribution >= 4 is 33.6 Å². The fourth-order valence-electron chi connectivity index (χ4n) is 3.10. The van der Waals surface area contributed by atoms with Crippen LogP contribution in [0.5, 0.6) is 0 Å². The smallest absolute Gasteiger partial charge is 0.255 e. The van der Waals surface area contributed by atoms with E-state index in [2.05, 4.69) is 20.5 Å². The second kappa shape index (κ2) is 5.84. The van der Waals surface area contributed by atoms with Gasteiger partial charge in [-0.15, -0.1) is 0 Å². The summed E-state index contributed by atoms with van der Waals surface area (Å²) in [6, 6.07) is 12.6. The maximum atomic E-state index is 12.6. The summed E-state index contributed by atoms with van der Waals surface area (Å²) in [4.78, 5) is 16.9. The number of amides is 1. The monoisotopic (exact) mass is 358 g/mol. The van der Waals surface area contributed by atoms with E-state index in [0.29, 0.717) is 22.7 Å². The van der Waals surface area contributed by atoms with E-state index in [1.807, 2.05) is 24.3 Å². The number of carbonyl (C=O) groups is 1. The van der Waals surface area contributed by atoms with E-state index < -0.39 is 0 Å². The second-order valence-electron chi connectivity index (χ2n) is 6.21. The molecule has 2 aromatic carbocycles. The molecule has 0 saturated carbocycles. The van der Waals surface area contributed by atoms with E-state index in [4.69, 9.17) is 8.83 Å². The molecule has 5 aromatic rings. The molecule has 3 heterocycles. The Bertz CT molecular complexity index is 1280. The van der Waals surface area contributed by atoms with Gasteiger partial charge >= 0.3 is 0 Å². The van der Waals surface area contributed by atoms with Gasteiger partial charge in [0, 0.05) is 29.1 Å². The zero-order chi connectivity index (χ0) is 18.4. The molecule has 0 fully saturated rings. The molecule has 5 rings (SSSR count). The average Bonchev–Trinajstić information content (AvgIpc) is 3.38. The summed E-state index contributed by atoms with van der Waals surface area (Å²) in [7, 11) is 0. The lowest BCUT2D eigenvalue weighted by atomic mass is 10.1. The van der Waals surface area contributed by atoms with E-state index >= 15 is 0 Å². The van der Waals surface area contributed by atoms with Crippen LogP contribution in [0.25, 0.3) is 33.3 Å². The molecular formula is C20H14N4O3. The number of hydrogen-bond donors (Lipinski definition) is 2. The summed E-state index contributed by atoms with van der Waals surface area (Å²) >= 11 is 0. The van der Waals surface area contributed by atoms with Gasteiger partial charge in [0.05, 0.1) is 18.0 Å². The van der Waals surface area contributed by atoms with E-state index in [1.165, 1.54) is 0 Å². The van der Waals surface area contributed by atoms with Crippen molar-refractivity contribution in [3.05, 3.63) is 66.4 Å². The van der Waals surface area contributed by atoms with Crippen molar-refractivity contribution in [1.82, 2.24) is 15.2 Å². The molecule has 2 N–H and O–H groups in total. The number of H-pyrrole nitrogens is 1. The first-order valence-corrected chi connectivity index (χ1v) is 8.36. The molecule has 0 atom stereocenters. The van der Waals surface area contributed by atoms with Crippen LogP contribution in [-0.2, 0) is 0 Å². The maximum Gasteiger partial charge on any atom is 0.255 e. The van der Waals surface area contributed by atoms with Crippen molar-refractivity contribution in [3.8, 4) is 11.3 Å². The van der Waals surface area contributed by atoms with Gasteiger partial charge in [-0.1, -0.05) is 0 Å². The molecule has 7 nitrogen and oxygen atoms in total. The van der Waals surface area contributed by atoms with Gasteiger partial charge in [0.25, 0.3) is 5.91 Å². The first-order chi connectivity index (χ1) is 13.2. The zero-order valence-corrected chi connectivity index (χ0v) is 14.3. The van der Waals surface area contributed by atoms with Crippen LogP contribution < -0.4 is 5.32 Å². The number of anilines is 1. The average molecular weight is 358 g/mol. The first kappa shape index (κ1) is 15.4. The second-order valence-corrected chi connectivity index (χ2v) is 6.21. The highest BCUT2D eigenvalue weighted by atomic mass is 16.3. The standard InChI is InChI=1S/C20H14N4O3/c1-11-21-17-4-2-12(8-18(17)27-11)20(25)22-14-3-5-16-15(9-14)19(24-23-16)13-6-7-26-10-13/h2-10H,1H3,(H,22,25)(H,23,24). The molecule has 0 spiro atoms. The van der Waals surface area contributed by atoms with Crippen LogP contribution in [0.3, 0.4) is 0 Å². The minimum atomic E-state index is -0.223. The van der Waals surface area contributed by atoms with Crippen molar-refractivity contribution in [2.45, 2.75) is 6.92 Å². The van der Waals surface area contributed by atoms with Crippen LogP contribution in [0.4, 0.5) is 5.69 Å². The highest BCUT2D eigenvalue weighted by Gasteiger charge is 2.13. The van der Waals surface area contributed by atoms with Crippen LogP contribution in [0.2, 0.25) is 0 Å². The Hall–Kier alpha value is -3.87. The molecule has 0 aliphatic carbocycles. The third kappa shape index (κ3) is 2.65.